The van der Waals surface area contributed by atoms with Crippen LogP contribution in [0, 0.1) is 5.92 Å². The zero-order valence-corrected chi connectivity index (χ0v) is 18.1. The third kappa shape index (κ3) is 9.65. The molecule has 7 nitrogen and oxygen atoms in total. The lowest BCUT2D eigenvalue weighted by molar-refractivity contribution is -0.137. The molecule has 1 aromatic heterocycles. The molecule has 0 saturated carbocycles. The van der Waals surface area contributed by atoms with Gasteiger partial charge in [-0.2, -0.15) is 13.2 Å². The van der Waals surface area contributed by atoms with Gasteiger partial charge in [0.15, 0.2) is 0 Å². The van der Waals surface area contributed by atoms with E-state index in [0.29, 0.717) is 18.0 Å². The maximum absolute atomic E-state index is 12.6. The predicted molar refractivity (Wildman–Crippen MR) is 112 cm³/mol. The molecule has 2 amide bonds. The van der Waals surface area contributed by atoms with Crippen LogP contribution in [0.5, 0.6) is 5.88 Å². The molecule has 170 valence electrons. The number of allylic oxidation sites excluding steroid dienone is 1. The highest BCUT2D eigenvalue weighted by atomic mass is 35.5. The lowest BCUT2D eigenvalue weighted by Gasteiger charge is -2.11. The lowest BCUT2D eigenvalue weighted by atomic mass is 10.2. The largest absolute Gasteiger partial charge is 0.475 e. The van der Waals surface area contributed by atoms with Crippen molar-refractivity contribution in [1.29, 1.82) is 0 Å². The van der Waals surface area contributed by atoms with Crippen molar-refractivity contribution in [2.24, 2.45) is 10.9 Å². The van der Waals surface area contributed by atoms with Gasteiger partial charge >= 0.3 is 6.18 Å². The zero-order chi connectivity index (χ0) is 23.6. The van der Waals surface area contributed by atoms with E-state index in [-0.39, 0.29) is 54.0 Å². The van der Waals surface area contributed by atoms with Crippen LogP contribution in [-0.2, 0) is 15.8 Å². The number of alkyl halides is 3. The summed E-state index contributed by atoms with van der Waals surface area (Å²) in [5.41, 5.74) is -0.426. The van der Waals surface area contributed by atoms with Crippen molar-refractivity contribution in [3.05, 3.63) is 47.4 Å². The number of ether oxygens (including phenoxy) is 1. The Morgan fingerprint density at radius 2 is 2.06 bits per heavy atom. The van der Waals surface area contributed by atoms with Crippen molar-refractivity contribution < 1.29 is 27.5 Å². The number of hydrogen-bond donors (Lipinski definition) is 2. The Morgan fingerprint density at radius 1 is 1.39 bits per heavy atom. The number of nitrogens with zero attached hydrogens (tertiary/aromatic N) is 2. The summed E-state index contributed by atoms with van der Waals surface area (Å²) in [5.74, 6) is -0.835. The highest BCUT2D eigenvalue weighted by molar-refractivity contribution is 6.31. The minimum atomic E-state index is -4.56. The number of nitrogens with one attached hydrogen (secondary N) is 2. The second-order valence-corrected chi connectivity index (χ2v) is 7.01. The number of aliphatic imine (C=N–C) groups is 1. The molecule has 0 aliphatic carbocycles. The summed E-state index contributed by atoms with van der Waals surface area (Å²) in [6.07, 6.45) is -1.05. The summed E-state index contributed by atoms with van der Waals surface area (Å²) in [6.45, 7) is 8.74. The quantitative estimate of drug-likeness (QED) is 0.409. The molecule has 0 unspecified atom stereocenters. The van der Waals surface area contributed by atoms with E-state index in [1.807, 2.05) is 0 Å². The van der Waals surface area contributed by atoms with Crippen LogP contribution < -0.4 is 15.4 Å². The lowest BCUT2D eigenvalue weighted by Crippen LogP contribution is -2.29. The molecule has 0 spiro atoms. The maximum atomic E-state index is 12.6. The van der Waals surface area contributed by atoms with Gasteiger partial charge in [0.1, 0.15) is 17.5 Å². The Hall–Kier alpha value is -2.88. The van der Waals surface area contributed by atoms with Gasteiger partial charge < -0.3 is 15.4 Å². The normalized spacial score (nSPS) is 12.5. The summed E-state index contributed by atoms with van der Waals surface area (Å²) in [6, 6.07) is 0.714. The van der Waals surface area contributed by atoms with Gasteiger partial charge in [0.25, 0.3) is 0 Å². The van der Waals surface area contributed by atoms with Gasteiger partial charge in [0.05, 0.1) is 12.1 Å². The molecule has 1 aromatic rings. The number of pyridine rings is 1. The second kappa shape index (κ2) is 12.1. The van der Waals surface area contributed by atoms with Crippen LogP contribution in [0.25, 0.3) is 0 Å². The standard InChI is InChI=1S/C20H24ClF3N4O3/c1-5-13(4)27-16(28-18(30)12(2)3)6-7-17(29)25-8-9-31-19-15(21)10-14(11-26-19)20(22,23)24/h5-6,10-12H,1,7-9H2,2-4H3,(H,25,29)(H,28,30)/b16-6+,27-13-. The van der Waals surface area contributed by atoms with Crippen molar-refractivity contribution >= 4 is 29.1 Å². The fraction of sp³-hybridized carbons (Fsp3) is 0.400. The average molecular weight is 461 g/mol. The van der Waals surface area contributed by atoms with Gasteiger partial charge in [0, 0.05) is 24.2 Å². The van der Waals surface area contributed by atoms with Crippen molar-refractivity contribution in [2.45, 2.75) is 33.4 Å². The van der Waals surface area contributed by atoms with Gasteiger partial charge in [-0.15, -0.1) is 0 Å². The van der Waals surface area contributed by atoms with E-state index in [2.05, 4.69) is 27.2 Å². The topological polar surface area (TPSA) is 92.7 Å². The van der Waals surface area contributed by atoms with E-state index in [1.54, 1.807) is 20.8 Å². The van der Waals surface area contributed by atoms with E-state index in [0.717, 1.165) is 0 Å². The SMILES string of the molecule is C=C/C(C)=N\C(=C/CC(=O)NCCOc1ncc(C(F)(F)F)cc1Cl)NC(=O)C(C)C. The number of halogens is 4. The van der Waals surface area contributed by atoms with Gasteiger partial charge in [-0.1, -0.05) is 32.0 Å². The summed E-state index contributed by atoms with van der Waals surface area (Å²) >= 11 is 5.74. The molecule has 2 N–H and O–H groups in total. The van der Waals surface area contributed by atoms with Crippen molar-refractivity contribution in [1.82, 2.24) is 15.6 Å². The molecular weight excluding hydrogens is 437 g/mol. The predicted octanol–water partition coefficient (Wildman–Crippen LogP) is 3.90. The highest BCUT2D eigenvalue weighted by Gasteiger charge is 2.31. The van der Waals surface area contributed by atoms with E-state index in [4.69, 9.17) is 16.3 Å². The molecule has 0 aliphatic rings. The van der Waals surface area contributed by atoms with Crippen LogP contribution in [-0.4, -0.2) is 35.7 Å². The van der Waals surface area contributed by atoms with Crippen LogP contribution in [0.3, 0.4) is 0 Å². The van der Waals surface area contributed by atoms with Crippen LogP contribution in [0.2, 0.25) is 5.02 Å². The molecule has 1 rings (SSSR count). The Morgan fingerprint density at radius 3 is 2.61 bits per heavy atom. The molecule has 31 heavy (non-hydrogen) atoms. The number of aromatic nitrogens is 1. The molecule has 0 bridgehead atoms. The third-order valence-electron chi connectivity index (χ3n) is 3.65. The Labute approximate surface area is 183 Å². The molecule has 0 saturated heterocycles. The maximum Gasteiger partial charge on any atom is 0.417 e. The molecule has 0 aliphatic heterocycles. The van der Waals surface area contributed by atoms with Gasteiger partial charge in [-0.05, 0) is 25.1 Å². The summed E-state index contributed by atoms with van der Waals surface area (Å²) in [7, 11) is 0. The summed E-state index contributed by atoms with van der Waals surface area (Å²) in [5, 5.41) is 4.91. The number of amides is 2. The number of rotatable bonds is 10. The Balaban J connectivity index is 2.58. The van der Waals surface area contributed by atoms with Gasteiger partial charge in [-0.3, -0.25) is 9.59 Å². The fourth-order valence-electron chi connectivity index (χ4n) is 1.92. The highest BCUT2D eigenvalue weighted by Crippen LogP contribution is 2.32. The van der Waals surface area contributed by atoms with E-state index in [9.17, 15) is 22.8 Å². The first-order valence-corrected chi connectivity index (χ1v) is 9.62. The van der Waals surface area contributed by atoms with Crippen LogP contribution >= 0.6 is 11.6 Å². The molecule has 0 aromatic carbocycles. The summed E-state index contributed by atoms with van der Waals surface area (Å²) in [4.78, 5) is 31.6. The smallest absolute Gasteiger partial charge is 0.417 e. The first-order valence-electron chi connectivity index (χ1n) is 9.25. The Bertz CT molecular complexity index is 868. The van der Waals surface area contributed by atoms with Gasteiger partial charge in [-0.25, -0.2) is 9.98 Å². The van der Waals surface area contributed by atoms with Crippen LogP contribution in [0.1, 0.15) is 32.8 Å². The minimum Gasteiger partial charge on any atom is -0.475 e. The first-order chi connectivity index (χ1) is 14.4. The average Bonchev–Trinajstić information content (AvgIpc) is 2.69. The number of hydrogen-bond acceptors (Lipinski definition) is 5. The van der Waals surface area contributed by atoms with E-state index < -0.39 is 11.7 Å². The second-order valence-electron chi connectivity index (χ2n) is 6.60. The van der Waals surface area contributed by atoms with Crippen molar-refractivity contribution in [2.75, 3.05) is 13.2 Å². The Kier molecular flexibility index (Phi) is 10.2. The zero-order valence-electron chi connectivity index (χ0n) is 17.3. The minimum absolute atomic E-state index is 0.0573. The third-order valence-corrected chi connectivity index (χ3v) is 3.92. The molecular formula is C20H24ClF3N4O3. The molecule has 0 atom stereocenters. The van der Waals surface area contributed by atoms with Gasteiger partial charge in [0.2, 0.25) is 17.7 Å². The van der Waals surface area contributed by atoms with E-state index in [1.165, 1.54) is 12.2 Å². The van der Waals surface area contributed by atoms with Crippen LogP contribution in [0.15, 0.2) is 41.8 Å². The molecule has 0 fully saturated rings. The van der Waals surface area contributed by atoms with Crippen molar-refractivity contribution in [3.63, 3.8) is 0 Å². The van der Waals surface area contributed by atoms with Crippen molar-refractivity contribution in [3.8, 4) is 5.88 Å². The van der Waals surface area contributed by atoms with Crippen LogP contribution in [0.4, 0.5) is 13.2 Å². The summed E-state index contributed by atoms with van der Waals surface area (Å²) < 4.78 is 43.0. The monoisotopic (exact) mass is 460 g/mol. The molecule has 0 radical (unpaired) electrons. The van der Waals surface area contributed by atoms with E-state index >= 15 is 0 Å². The molecule has 1 heterocycles. The first kappa shape index (κ1) is 26.2. The molecule has 11 heteroatoms. The fourth-order valence-corrected chi connectivity index (χ4v) is 2.14. The number of carbonyl (C=O) groups is 2. The number of carbonyl (C=O) groups excluding carboxylic acids is 2.